The third-order valence-corrected chi connectivity index (χ3v) is 4.24. The van der Waals surface area contributed by atoms with Gasteiger partial charge in [0.05, 0.1) is 25.5 Å². The van der Waals surface area contributed by atoms with Crippen LogP contribution in [0.5, 0.6) is 5.75 Å². The van der Waals surface area contributed by atoms with Gasteiger partial charge in [-0.15, -0.1) is 0 Å². The highest BCUT2D eigenvalue weighted by atomic mass is 19.4. The van der Waals surface area contributed by atoms with Gasteiger partial charge in [0, 0.05) is 13.2 Å². The molecule has 1 aromatic heterocycles. The summed E-state index contributed by atoms with van der Waals surface area (Å²) in [7, 11) is 1.50. The molecular weight excluding hydrogens is 443 g/mol. The molecule has 2 aromatic rings. The zero-order chi connectivity index (χ0) is 24.6. The number of carbonyl (C=O) groups is 1. The number of nitrogens with zero attached hydrogens (tertiary/aromatic N) is 2. The Kier molecular flexibility index (Phi) is 8.86. The van der Waals surface area contributed by atoms with Crippen LogP contribution in [-0.4, -0.2) is 48.2 Å². The number of alkyl halides is 3. The maximum Gasteiger partial charge on any atom is 0.423 e. The molecule has 0 unspecified atom stereocenters. The van der Waals surface area contributed by atoms with Crippen LogP contribution >= 0.6 is 0 Å². The number of ether oxygens (including phenoxy) is 3. The molecule has 2 rings (SSSR count). The highest BCUT2D eigenvalue weighted by Gasteiger charge is 2.38. The van der Waals surface area contributed by atoms with Crippen LogP contribution in [0, 0.1) is 0 Å². The zero-order valence-corrected chi connectivity index (χ0v) is 19.0. The predicted octanol–water partition coefficient (Wildman–Crippen LogP) is 3.48. The Bertz CT molecular complexity index is 983. The third kappa shape index (κ3) is 8.41. The molecule has 0 atom stereocenters. The first-order valence-corrected chi connectivity index (χ1v) is 10.2. The van der Waals surface area contributed by atoms with Crippen molar-refractivity contribution in [2.75, 3.05) is 32.2 Å². The summed E-state index contributed by atoms with van der Waals surface area (Å²) in [6, 6.07) is 6.57. The third-order valence-electron chi connectivity index (χ3n) is 4.24. The smallest absolute Gasteiger partial charge is 0.423 e. The van der Waals surface area contributed by atoms with E-state index in [9.17, 15) is 22.8 Å². The van der Waals surface area contributed by atoms with Crippen LogP contribution in [0.25, 0.3) is 0 Å². The number of hydrogen-bond acceptors (Lipinski definition) is 7. The largest absolute Gasteiger partial charge is 0.497 e. The molecule has 33 heavy (non-hydrogen) atoms. The molecule has 11 heteroatoms. The van der Waals surface area contributed by atoms with Gasteiger partial charge in [-0.05, 0) is 44.9 Å². The molecule has 182 valence electrons. The Morgan fingerprint density at radius 1 is 1.15 bits per heavy atom. The zero-order valence-electron chi connectivity index (χ0n) is 19.0. The van der Waals surface area contributed by atoms with E-state index in [0.717, 1.165) is 10.9 Å². The van der Waals surface area contributed by atoms with Crippen molar-refractivity contribution in [3.8, 4) is 5.75 Å². The van der Waals surface area contributed by atoms with Gasteiger partial charge in [0.1, 0.15) is 23.5 Å². The molecule has 0 saturated heterocycles. The van der Waals surface area contributed by atoms with Crippen molar-refractivity contribution < 1.29 is 32.2 Å². The number of rotatable bonds is 10. The van der Waals surface area contributed by atoms with Crippen molar-refractivity contribution in [1.82, 2.24) is 9.78 Å². The normalized spacial score (nSPS) is 11.8. The van der Waals surface area contributed by atoms with E-state index in [-0.39, 0.29) is 26.3 Å². The van der Waals surface area contributed by atoms with E-state index in [2.05, 4.69) is 10.4 Å². The summed E-state index contributed by atoms with van der Waals surface area (Å²) in [4.78, 5) is 24.1. The highest BCUT2D eigenvalue weighted by Crippen LogP contribution is 2.31. The summed E-state index contributed by atoms with van der Waals surface area (Å²) >= 11 is 0. The topological polar surface area (TPSA) is 91.7 Å². The van der Waals surface area contributed by atoms with Gasteiger partial charge in [-0.2, -0.15) is 18.3 Å². The molecule has 0 aliphatic heterocycles. The first-order valence-electron chi connectivity index (χ1n) is 10.2. The molecule has 0 spiro atoms. The minimum Gasteiger partial charge on any atom is -0.497 e. The molecule has 0 bridgehead atoms. The van der Waals surface area contributed by atoms with Crippen LogP contribution in [0.3, 0.4) is 0 Å². The average molecular weight is 471 g/mol. The predicted molar refractivity (Wildman–Crippen MR) is 115 cm³/mol. The minimum atomic E-state index is -4.86. The molecule has 8 nitrogen and oxygen atoms in total. The van der Waals surface area contributed by atoms with Crippen molar-refractivity contribution in [2.24, 2.45) is 0 Å². The molecule has 0 amide bonds. The second kappa shape index (κ2) is 11.2. The number of esters is 1. The van der Waals surface area contributed by atoms with Gasteiger partial charge >= 0.3 is 12.1 Å². The van der Waals surface area contributed by atoms with Gasteiger partial charge in [-0.25, -0.2) is 9.48 Å². The lowest BCUT2D eigenvalue weighted by atomic mass is 10.2. The van der Waals surface area contributed by atoms with Crippen molar-refractivity contribution in [1.29, 1.82) is 0 Å². The summed E-state index contributed by atoms with van der Waals surface area (Å²) in [5.74, 6) is 0.0594. The van der Waals surface area contributed by atoms with E-state index in [1.165, 1.54) is 7.11 Å². The molecule has 1 heterocycles. The van der Waals surface area contributed by atoms with Gasteiger partial charge in [0.2, 0.25) is 0 Å². The van der Waals surface area contributed by atoms with E-state index in [1.807, 2.05) is 0 Å². The van der Waals surface area contributed by atoms with Crippen LogP contribution in [0.2, 0.25) is 0 Å². The minimum absolute atomic E-state index is 0.0843. The standard InChI is InChI=1S/C22H28F3N3O5/c1-21(2,3)33-18(29)14-32-11-5-10-26-17-12-27-28(20(30)19(17)22(23,24)25)13-15-6-8-16(31-4)9-7-15/h6-9,12,26H,5,10-11,13-14H2,1-4H3. The average Bonchev–Trinajstić information content (AvgIpc) is 2.70. The van der Waals surface area contributed by atoms with Crippen LogP contribution in [0.4, 0.5) is 18.9 Å². The molecule has 0 radical (unpaired) electrons. The Labute approximate surface area is 189 Å². The second-order valence-electron chi connectivity index (χ2n) is 8.16. The Morgan fingerprint density at radius 2 is 1.82 bits per heavy atom. The molecule has 0 aliphatic rings. The number of benzene rings is 1. The van der Waals surface area contributed by atoms with Crippen molar-refractivity contribution >= 4 is 11.7 Å². The lowest BCUT2D eigenvalue weighted by Crippen LogP contribution is -2.32. The monoisotopic (exact) mass is 471 g/mol. The van der Waals surface area contributed by atoms with Crippen molar-refractivity contribution in [3.63, 3.8) is 0 Å². The summed E-state index contributed by atoms with van der Waals surface area (Å²) in [6.07, 6.45) is -3.58. The molecule has 1 aromatic carbocycles. The van der Waals surface area contributed by atoms with Crippen molar-refractivity contribution in [3.05, 3.63) is 51.9 Å². The number of nitrogens with one attached hydrogen (secondary N) is 1. The van der Waals surface area contributed by atoms with Gasteiger partial charge < -0.3 is 19.5 Å². The van der Waals surface area contributed by atoms with Gasteiger partial charge in [0.25, 0.3) is 5.56 Å². The van der Waals surface area contributed by atoms with Gasteiger partial charge in [0.15, 0.2) is 0 Å². The summed E-state index contributed by atoms with van der Waals surface area (Å²) < 4.78 is 56.9. The maximum absolute atomic E-state index is 13.6. The van der Waals surface area contributed by atoms with Gasteiger partial charge in [-0.3, -0.25) is 4.79 Å². The van der Waals surface area contributed by atoms with E-state index < -0.39 is 34.6 Å². The van der Waals surface area contributed by atoms with Crippen LogP contribution in [0.15, 0.2) is 35.3 Å². The summed E-state index contributed by atoms with van der Waals surface area (Å²) in [5.41, 5.74) is -3.01. The number of halogens is 3. The fraction of sp³-hybridized carbons (Fsp3) is 0.500. The lowest BCUT2D eigenvalue weighted by Gasteiger charge is -2.19. The lowest BCUT2D eigenvalue weighted by molar-refractivity contribution is -0.160. The van der Waals surface area contributed by atoms with E-state index in [4.69, 9.17) is 14.2 Å². The highest BCUT2D eigenvalue weighted by molar-refractivity contribution is 5.71. The summed E-state index contributed by atoms with van der Waals surface area (Å²) in [5, 5.41) is 6.47. The quantitative estimate of drug-likeness (QED) is 0.419. The van der Waals surface area contributed by atoms with Crippen LogP contribution < -0.4 is 15.6 Å². The van der Waals surface area contributed by atoms with Crippen LogP contribution in [0.1, 0.15) is 38.3 Å². The number of anilines is 1. The number of aromatic nitrogens is 2. The molecule has 0 aliphatic carbocycles. The SMILES string of the molecule is COc1ccc(Cn2ncc(NCCCOCC(=O)OC(C)(C)C)c(C(F)(F)F)c2=O)cc1. The molecular formula is C22H28F3N3O5. The number of carbonyl (C=O) groups excluding carboxylic acids is 1. The Morgan fingerprint density at radius 3 is 2.39 bits per heavy atom. The fourth-order valence-corrected chi connectivity index (χ4v) is 2.84. The first-order chi connectivity index (χ1) is 15.4. The number of hydrogen-bond donors (Lipinski definition) is 1. The van der Waals surface area contributed by atoms with E-state index in [1.54, 1.807) is 45.0 Å². The van der Waals surface area contributed by atoms with E-state index in [0.29, 0.717) is 17.7 Å². The number of methoxy groups -OCH3 is 1. The summed E-state index contributed by atoms with van der Waals surface area (Å²) in [6.45, 7) is 5.01. The molecule has 0 fully saturated rings. The second-order valence-corrected chi connectivity index (χ2v) is 8.16. The Hall–Kier alpha value is -3.08. The fourth-order valence-electron chi connectivity index (χ4n) is 2.84. The first kappa shape index (κ1) is 26.2. The van der Waals surface area contributed by atoms with Crippen molar-refractivity contribution in [2.45, 2.75) is 45.5 Å². The van der Waals surface area contributed by atoms with Gasteiger partial charge in [-0.1, -0.05) is 12.1 Å². The maximum atomic E-state index is 13.6. The molecule has 1 N–H and O–H groups in total. The Balaban J connectivity index is 1.99. The van der Waals surface area contributed by atoms with E-state index >= 15 is 0 Å². The molecule has 0 saturated carbocycles. The van der Waals surface area contributed by atoms with Crippen LogP contribution in [-0.2, 0) is 27.0 Å².